The summed E-state index contributed by atoms with van der Waals surface area (Å²) < 4.78 is 11.1. The average molecular weight is 261 g/mol. The molecule has 0 aromatic carbocycles. The van der Waals surface area contributed by atoms with E-state index < -0.39 is 0 Å². The second-order valence-electron chi connectivity index (χ2n) is 4.02. The molecule has 0 saturated carbocycles. The lowest BCUT2D eigenvalue weighted by Gasteiger charge is -2.21. The van der Waals surface area contributed by atoms with Gasteiger partial charge >= 0.3 is 0 Å². The summed E-state index contributed by atoms with van der Waals surface area (Å²) in [5, 5.41) is 0. The van der Waals surface area contributed by atoms with Gasteiger partial charge in [0.05, 0.1) is 22.3 Å². The minimum atomic E-state index is -0.00954. The molecule has 0 aliphatic carbocycles. The molecule has 0 bridgehead atoms. The monoisotopic (exact) mass is 261 g/mol. The second kappa shape index (κ2) is 4.86. The van der Waals surface area contributed by atoms with E-state index >= 15 is 0 Å². The number of hydrogen-bond donors (Lipinski definition) is 0. The largest absolute Gasteiger partial charge is 0.470 e. The zero-order chi connectivity index (χ0) is 12.4. The van der Waals surface area contributed by atoms with Gasteiger partial charge in [0, 0.05) is 18.7 Å². The van der Waals surface area contributed by atoms with Crippen molar-refractivity contribution in [3.63, 3.8) is 0 Å². The van der Waals surface area contributed by atoms with Crippen molar-refractivity contribution >= 4 is 22.8 Å². The van der Waals surface area contributed by atoms with Crippen molar-refractivity contribution in [3.8, 4) is 0 Å². The number of thiazole rings is 1. The summed E-state index contributed by atoms with van der Waals surface area (Å²) in [6, 6.07) is 1.91. The standard InChI is InChI=1S/C13H13N2O2S/c1-2-3-13-15(10-4-5-16-8-10)7-11(17-13)12-6-14-9-18-12/h4-6,8-9,13H,2-3H2,1H3. The Morgan fingerprint density at radius 2 is 2.50 bits per heavy atom. The van der Waals surface area contributed by atoms with E-state index in [-0.39, 0.29) is 6.23 Å². The van der Waals surface area contributed by atoms with Gasteiger partial charge in [-0.05, 0) is 0 Å². The van der Waals surface area contributed by atoms with E-state index in [1.807, 2.05) is 11.0 Å². The highest BCUT2D eigenvalue weighted by molar-refractivity contribution is 7.10. The number of rotatable bonds is 4. The Balaban J connectivity index is 1.89. The van der Waals surface area contributed by atoms with E-state index in [4.69, 9.17) is 9.15 Å². The molecule has 2 aromatic heterocycles. The van der Waals surface area contributed by atoms with Crippen molar-refractivity contribution in [2.24, 2.45) is 0 Å². The molecule has 3 heterocycles. The summed E-state index contributed by atoms with van der Waals surface area (Å²) in [5.41, 5.74) is 2.76. The maximum Gasteiger partial charge on any atom is 0.176 e. The molecule has 1 radical (unpaired) electrons. The number of hydrogen-bond acceptors (Lipinski definition) is 5. The summed E-state index contributed by atoms with van der Waals surface area (Å²) in [6.45, 7) is 2.14. The lowest BCUT2D eigenvalue weighted by Crippen LogP contribution is -2.27. The van der Waals surface area contributed by atoms with E-state index in [0.717, 1.165) is 29.2 Å². The molecule has 0 N–H and O–H groups in total. The first-order valence-electron chi connectivity index (χ1n) is 5.89. The zero-order valence-electron chi connectivity index (χ0n) is 10.00. The Kier molecular flexibility index (Phi) is 3.06. The van der Waals surface area contributed by atoms with Gasteiger partial charge in [-0.15, -0.1) is 11.3 Å². The first kappa shape index (κ1) is 11.3. The topological polar surface area (TPSA) is 38.5 Å². The van der Waals surface area contributed by atoms with Crippen LogP contribution in [0.15, 0.2) is 34.7 Å². The Hall–Kier alpha value is -1.75. The molecule has 0 amide bonds. The van der Waals surface area contributed by atoms with E-state index in [0.29, 0.717) is 0 Å². The number of aromatic nitrogens is 1. The fourth-order valence-electron chi connectivity index (χ4n) is 1.90. The van der Waals surface area contributed by atoms with Crippen LogP contribution in [0.4, 0.5) is 5.69 Å². The Morgan fingerprint density at radius 1 is 1.56 bits per heavy atom. The van der Waals surface area contributed by atoms with Gasteiger partial charge in [-0.25, -0.2) is 0 Å². The highest BCUT2D eigenvalue weighted by atomic mass is 32.1. The number of anilines is 1. The fourth-order valence-corrected chi connectivity index (χ4v) is 2.46. The molecule has 18 heavy (non-hydrogen) atoms. The van der Waals surface area contributed by atoms with Crippen molar-refractivity contribution < 1.29 is 9.15 Å². The Morgan fingerprint density at radius 3 is 3.17 bits per heavy atom. The second-order valence-corrected chi connectivity index (χ2v) is 4.91. The SMILES string of the molecule is CCCC1OC(c2cncs2)=[C]N1c1ccoc1. The van der Waals surface area contributed by atoms with Crippen LogP contribution >= 0.6 is 11.3 Å². The lowest BCUT2D eigenvalue weighted by molar-refractivity contribution is 0.181. The van der Waals surface area contributed by atoms with Crippen LogP contribution < -0.4 is 4.90 Å². The maximum absolute atomic E-state index is 5.94. The summed E-state index contributed by atoms with van der Waals surface area (Å²) in [6.07, 6.45) is 10.4. The molecule has 0 fully saturated rings. The molecule has 1 unspecified atom stereocenters. The molecule has 2 aromatic rings. The predicted molar refractivity (Wildman–Crippen MR) is 69.7 cm³/mol. The van der Waals surface area contributed by atoms with E-state index in [9.17, 15) is 0 Å². The smallest absolute Gasteiger partial charge is 0.176 e. The van der Waals surface area contributed by atoms with Crippen LogP contribution in [0.5, 0.6) is 0 Å². The van der Waals surface area contributed by atoms with Crippen LogP contribution in [0.2, 0.25) is 0 Å². The molecule has 0 saturated heterocycles. The predicted octanol–water partition coefficient (Wildman–Crippen LogP) is 3.50. The first-order chi connectivity index (χ1) is 8.88. The molecule has 4 nitrogen and oxygen atoms in total. The van der Waals surface area contributed by atoms with Crippen molar-refractivity contribution in [2.75, 3.05) is 4.90 Å². The highest BCUT2D eigenvalue weighted by Crippen LogP contribution is 2.33. The van der Waals surface area contributed by atoms with E-state index in [1.54, 1.807) is 35.6 Å². The van der Waals surface area contributed by atoms with Crippen LogP contribution in [-0.2, 0) is 4.74 Å². The molecular weight excluding hydrogens is 248 g/mol. The summed E-state index contributed by atoms with van der Waals surface area (Å²) in [4.78, 5) is 7.06. The van der Waals surface area contributed by atoms with Crippen molar-refractivity contribution in [3.05, 3.63) is 41.4 Å². The van der Waals surface area contributed by atoms with Crippen molar-refractivity contribution in [2.45, 2.75) is 26.0 Å². The van der Waals surface area contributed by atoms with Gasteiger partial charge in [0.15, 0.2) is 12.0 Å². The van der Waals surface area contributed by atoms with Gasteiger partial charge in [-0.2, -0.15) is 0 Å². The normalized spacial score (nSPS) is 18.8. The van der Waals surface area contributed by atoms with Crippen LogP contribution in [-0.4, -0.2) is 11.2 Å². The van der Waals surface area contributed by atoms with Crippen LogP contribution in [0.3, 0.4) is 0 Å². The molecule has 1 aliphatic heterocycles. The van der Waals surface area contributed by atoms with Crippen molar-refractivity contribution in [1.29, 1.82) is 0 Å². The summed E-state index contributed by atoms with van der Waals surface area (Å²) >= 11 is 1.55. The molecule has 3 rings (SSSR count). The molecule has 1 aliphatic rings. The third kappa shape index (κ3) is 2.01. The third-order valence-electron chi connectivity index (χ3n) is 2.74. The third-order valence-corrected chi connectivity index (χ3v) is 3.51. The molecule has 93 valence electrons. The molecule has 0 spiro atoms. The van der Waals surface area contributed by atoms with Gasteiger partial charge in [0.2, 0.25) is 0 Å². The van der Waals surface area contributed by atoms with Gasteiger partial charge in [0.1, 0.15) is 12.5 Å². The zero-order valence-corrected chi connectivity index (χ0v) is 10.8. The van der Waals surface area contributed by atoms with Gasteiger partial charge < -0.3 is 9.15 Å². The van der Waals surface area contributed by atoms with Crippen molar-refractivity contribution in [1.82, 2.24) is 4.98 Å². The number of furan rings is 1. The average Bonchev–Trinajstić information content (AvgIpc) is 3.11. The highest BCUT2D eigenvalue weighted by Gasteiger charge is 2.29. The lowest BCUT2D eigenvalue weighted by atomic mass is 10.3. The summed E-state index contributed by atoms with van der Waals surface area (Å²) in [7, 11) is 0. The van der Waals surface area contributed by atoms with E-state index in [1.165, 1.54) is 0 Å². The summed E-state index contributed by atoms with van der Waals surface area (Å²) in [5.74, 6) is 0.761. The minimum Gasteiger partial charge on any atom is -0.470 e. The van der Waals surface area contributed by atoms with Gasteiger partial charge in [0.25, 0.3) is 0 Å². The Bertz CT molecular complexity index is 519. The quantitative estimate of drug-likeness (QED) is 0.844. The first-order valence-corrected chi connectivity index (χ1v) is 6.77. The minimum absolute atomic E-state index is 0.00954. The van der Waals surface area contributed by atoms with Crippen LogP contribution in [0.25, 0.3) is 5.76 Å². The molecular formula is C13H13N2O2S. The van der Waals surface area contributed by atoms with Gasteiger partial charge in [-0.3, -0.25) is 9.88 Å². The van der Waals surface area contributed by atoms with Crippen LogP contribution in [0.1, 0.15) is 24.6 Å². The Labute approximate surface area is 110 Å². The van der Waals surface area contributed by atoms with Crippen LogP contribution in [0, 0.1) is 6.20 Å². The molecule has 1 atom stereocenters. The fraction of sp³-hybridized carbons (Fsp3) is 0.308. The molecule has 5 heteroatoms. The maximum atomic E-state index is 5.94. The number of nitrogens with zero attached hydrogens (tertiary/aromatic N) is 2. The van der Waals surface area contributed by atoms with E-state index in [2.05, 4.69) is 18.1 Å². The van der Waals surface area contributed by atoms with Gasteiger partial charge in [-0.1, -0.05) is 13.3 Å². The number of ether oxygens (including phenoxy) is 1.